The molecule has 0 bridgehead atoms. The lowest BCUT2D eigenvalue weighted by molar-refractivity contribution is 0.120. The molecule has 2 saturated heterocycles. The number of rotatable bonds is 6. The van der Waals surface area contributed by atoms with Crippen molar-refractivity contribution in [3.8, 4) is 5.75 Å². The Hall–Kier alpha value is -2.60. The van der Waals surface area contributed by atoms with Crippen LogP contribution in [0.25, 0.3) is 0 Å². The standard InChI is InChI=1S/C21H23FN2O3/c1-26-17-8-6-15(7-9-17)10-11-24-19-13-23(14-20(19)27-21(24)25)12-16-4-2-3-5-18(16)22/h2-9,19-20H,10-14H2,1H3/t19-,20+/m0/s1. The highest BCUT2D eigenvalue weighted by atomic mass is 19.1. The number of carbonyl (C=O) groups is 1. The highest BCUT2D eigenvalue weighted by Crippen LogP contribution is 2.28. The maximum atomic E-state index is 13.9. The summed E-state index contributed by atoms with van der Waals surface area (Å²) in [5.74, 6) is 0.627. The number of fused-ring (bicyclic) bond motifs is 1. The van der Waals surface area contributed by atoms with Gasteiger partial charge in [0.1, 0.15) is 17.7 Å². The first-order valence-corrected chi connectivity index (χ1v) is 9.20. The average molecular weight is 370 g/mol. The van der Waals surface area contributed by atoms with E-state index in [1.165, 1.54) is 6.07 Å². The summed E-state index contributed by atoms with van der Waals surface area (Å²) in [7, 11) is 1.64. The first kappa shape index (κ1) is 17.8. The summed E-state index contributed by atoms with van der Waals surface area (Å²) in [5.41, 5.74) is 1.82. The molecule has 2 aromatic rings. The predicted molar refractivity (Wildman–Crippen MR) is 99.1 cm³/mol. The van der Waals surface area contributed by atoms with Gasteiger partial charge in [-0.2, -0.15) is 0 Å². The SMILES string of the molecule is COc1ccc(CCN2C(=O)O[C@@H]3CN(Cc4ccccc4F)C[C@@H]32)cc1. The van der Waals surface area contributed by atoms with Gasteiger partial charge < -0.3 is 9.47 Å². The molecule has 0 saturated carbocycles. The van der Waals surface area contributed by atoms with Crippen molar-refractivity contribution in [3.05, 3.63) is 65.5 Å². The van der Waals surface area contributed by atoms with Crippen molar-refractivity contribution in [2.24, 2.45) is 0 Å². The van der Waals surface area contributed by atoms with E-state index in [0.29, 0.717) is 31.7 Å². The molecule has 2 aliphatic rings. The Morgan fingerprint density at radius 3 is 2.67 bits per heavy atom. The number of halogens is 1. The van der Waals surface area contributed by atoms with Crippen LogP contribution in [0.3, 0.4) is 0 Å². The molecule has 142 valence electrons. The molecule has 0 aliphatic carbocycles. The first-order valence-electron chi connectivity index (χ1n) is 9.20. The third-order valence-electron chi connectivity index (χ3n) is 5.35. The largest absolute Gasteiger partial charge is 0.497 e. The van der Waals surface area contributed by atoms with Gasteiger partial charge in [-0.3, -0.25) is 9.80 Å². The molecule has 5 nitrogen and oxygen atoms in total. The molecule has 0 radical (unpaired) electrons. The predicted octanol–water partition coefficient (Wildman–Crippen LogP) is 3.08. The third kappa shape index (κ3) is 3.76. The van der Waals surface area contributed by atoms with Gasteiger partial charge in [0.05, 0.1) is 13.2 Å². The van der Waals surface area contributed by atoms with Crippen LogP contribution in [0.2, 0.25) is 0 Å². The Balaban J connectivity index is 1.37. The van der Waals surface area contributed by atoms with Gasteiger partial charge in [-0.15, -0.1) is 0 Å². The molecule has 0 spiro atoms. The Labute approximate surface area is 158 Å². The van der Waals surface area contributed by atoms with Crippen LogP contribution in [-0.4, -0.2) is 54.8 Å². The Morgan fingerprint density at radius 2 is 1.93 bits per heavy atom. The van der Waals surface area contributed by atoms with Gasteiger partial charge in [-0.25, -0.2) is 9.18 Å². The van der Waals surface area contributed by atoms with Crippen molar-refractivity contribution in [1.82, 2.24) is 9.80 Å². The van der Waals surface area contributed by atoms with Crippen molar-refractivity contribution in [2.75, 3.05) is 26.7 Å². The highest BCUT2D eigenvalue weighted by Gasteiger charge is 2.47. The van der Waals surface area contributed by atoms with Crippen LogP contribution >= 0.6 is 0 Å². The number of hydrogen-bond acceptors (Lipinski definition) is 4. The van der Waals surface area contributed by atoms with Crippen molar-refractivity contribution < 1.29 is 18.7 Å². The first-order chi connectivity index (χ1) is 13.1. The molecule has 0 unspecified atom stereocenters. The van der Waals surface area contributed by atoms with Crippen LogP contribution < -0.4 is 4.74 Å². The third-order valence-corrected chi connectivity index (χ3v) is 5.35. The molecular formula is C21H23FN2O3. The molecule has 0 N–H and O–H groups in total. The van der Waals surface area contributed by atoms with E-state index >= 15 is 0 Å². The number of nitrogens with zero attached hydrogens (tertiary/aromatic N) is 2. The van der Waals surface area contributed by atoms with E-state index in [1.54, 1.807) is 19.2 Å². The number of benzene rings is 2. The van der Waals surface area contributed by atoms with E-state index in [4.69, 9.17) is 9.47 Å². The number of ether oxygens (including phenoxy) is 2. The lowest BCUT2D eigenvalue weighted by Gasteiger charge is -2.22. The zero-order chi connectivity index (χ0) is 18.8. The van der Waals surface area contributed by atoms with Gasteiger partial charge in [-0.05, 0) is 30.2 Å². The Kier molecular flexibility index (Phi) is 4.99. The average Bonchev–Trinajstić information content (AvgIpc) is 3.18. The van der Waals surface area contributed by atoms with Crippen molar-refractivity contribution in [3.63, 3.8) is 0 Å². The van der Waals surface area contributed by atoms with Crippen LogP contribution in [0.1, 0.15) is 11.1 Å². The van der Waals surface area contributed by atoms with Crippen molar-refractivity contribution in [1.29, 1.82) is 0 Å². The molecule has 2 fully saturated rings. The van der Waals surface area contributed by atoms with Crippen molar-refractivity contribution >= 4 is 6.09 Å². The summed E-state index contributed by atoms with van der Waals surface area (Å²) in [6, 6.07) is 14.7. The van der Waals surface area contributed by atoms with E-state index in [2.05, 4.69) is 4.90 Å². The van der Waals surface area contributed by atoms with Crippen LogP contribution in [-0.2, 0) is 17.7 Å². The normalized spacial score (nSPS) is 22.0. The summed E-state index contributed by atoms with van der Waals surface area (Å²) in [4.78, 5) is 16.2. The minimum Gasteiger partial charge on any atom is -0.497 e. The van der Waals surface area contributed by atoms with Gasteiger partial charge in [-0.1, -0.05) is 30.3 Å². The van der Waals surface area contributed by atoms with Gasteiger partial charge in [0, 0.05) is 31.7 Å². The molecule has 2 heterocycles. The fourth-order valence-corrected chi connectivity index (χ4v) is 3.88. The molecule has 1 amide bonds. The number of hydrogen-bond donors (Lipinski definition) is 0. The molecule has 2 aliphatic heterocycles. The minimum atomic E-state index is -0.246. The van der Waals surface area contributed by atoms with Gasteiger partial charge >= 0.3 is 6.09 Å². The molecule has 2 atom stereocenters. The van der Waals surface area contributed by atoms with Crippen LogP contribution in [0.5, 0.6) is 5.75 Å². The van der Waals surface area contributed by atoms with E-state index in [1.807, 2.05) is 35.2 Å². The van der Waals surface area contributed by atoms with E-state index in [-0.39, 0.29) is 24.1 Å². The summed E-state index contributed by atoms with van der Waals surface area (Å²) >= 11 is 0. The van der Waals surface area contributed by atoms with E-state index < -0.39 is 0 Å². The van der Waals surface area contributed by atoms with Gasteiger partial charge in [0.2, 0.25) is 0 Å². The summed E-state index contributed by atoms with van der Waals surface area (Å²) in [5, 5.41) is 0. The van der Waals surface area contributed by atoms with E-state index in [9.17, 15) is 9.18 Å². The molecule has 0 aromatic heterocycles. The summed E-state index contributed by atoms with van der Waals surface area (Å²) < 4.78 is 24.6. The number of methoxy groups -OCH3 is 1. The topological polar surface area (TPSA) is 42.0 Å². The zero-order valence-electron chi connectivity index (χ0n) is 15.3. The number of amides is 1. The molecule has 4 rings (SSSR count). The summed E-state index contributed by atoms with van der Waals surface area (Å²) in [6.45, 7) is 2.49. The monoisotopic (exact) mass is 370 g/mol. The second-order valence-corrected chi connectivity index (χ2v) is 7.07. The number of likely N-dealkylation sites (tertiary alicyclic amines) is 1. The van der Waals surface area contributed by atoms with Gasteiger partial charge in [0.25, 0.3) is 0 Å². The number of carbonyl (C=O) groups excluding carboxylic acids is 1. The van der Waals surface area contributed by atoms with Crippen LogP contribution in [0, 0.1) is 5.82 Å². The second-order valence-electron chi connectivity index (χ2n) is 7.07. The second kappa shape index (κ2) is 7.56. The zero-order valence-corrected chi connectivity index (χ0v) is 15.3. The highest BCUT2D eigenvalue weighted by molar-refractivity contribution is 5.71. The Morgan fingerprint density at radius 1 is 1.15 bits per heavy atom. The molecule has 27 heavy (non-hydrogen) atoms. The maximum Gasteiger partial charge on any atom is 0.410 e. The minimum absolute atomic E-state index is 0.0301. The Bertz CT molecular complexity index is 811. The summed E-state index contributed by atoms with van der Waals surface area (Å²) in [6.07, 6.45) is 0.375. The lowest BCUT2D eigenvalue weighted by atomic mass is 10.1. The molecule has 2 aromatic carbocycles. The van der Waals surface area contributed by atoms with Gasteiger partial charge in [0.15, 0.2) is 0 Å². The van der Waals surface area contributed by atoms with Crippen LogP contribution in [0.4, 0.5) is 9.18 Å². The van der Waals surface area contributed by atoms with Crippen LogP contribution in [0.15, 0.2) is 48.5 Å². The lowest BCUT2D eigenvalue weighted by Crippen LogP contribution is -2.39. The fourth-order valence-electron chi connectivity index (χ4n) is 3.88. The van der Waals surface area contributed by atoms with Crippen molar-refractivity contribution in [2.45, 2.75) is 25.1 Å². The quantitative estimate of drug-likeness (QED) is 0.784. The molecule has 6 heteroatoms. The maximum absolute atomic E-state index is 13.9. The van der Waals surface area contributed by atoms with E-state index in [0.717, 1.165) is 17.7 Å². The smallest absolute Gasteiger partial charge is 0.410 e. The molecular weight excluding hydrogens is 347 g/mol. The fraction of sp³-hybridized carbons (Fsp3) is 0.381.